The third-order valence-electron chi connectivity index (χ3n) is 3.91. The molecule has 4 nitrogen and oxygen atoms in total. The maximum atomic E-state index is 13.9. The normalized spacial score (nSPS) is 10.8. The van der Waals surface area contributed by atoms with Crippen LogP contribution >= 0.6 is 23.2 Å². The molecule has 0 saturated carbocycles. The van der Waals surface area contributed by atoms with Gasteiger partial charge in [0, 0.05) is 35.8 Å². The molecular weight excluding hydrogens is 378 g/mol. The fraction of sp³-hybridized carbons (Fsp3) is 0.158. The fourth-order valence-electron chi connectivity index (χ4n) is 2.49. The van der Waals surface area contributed by atoms with E-state index in [1.807, 2.05) is 6.07 Å². The van der Waals surface area contributed by atoms with Gasteiger partial charge in [-0.1, -0.05) is 29.3 Å². The van der Waals surface area contributed by atoms with Crippen LogP contribution in [-0.4, -0.2) is 29.4 Å². The zero-order valence-electron chi connectivity index (χ0n) is 13.9. The lowest BCUT2D eigenvalue weighted by Crippen LogP contribution is -2.31. The molecule has 0 atom stereocenters. The molecule has 0 saturated heterocycles. The SMILES string of the molecule is CN(Cc1c(F)cccc1Cl)C(=O)COc1ccc(Cl)c2cccnc12. The topological polar surface area (TPSA) is 42.4 Å². The molecule has 1 aromatic heterocycles. The van der Waals surface area contributed by atoms with Crippen LogP contribution in [0, 0.1) is 5.82 Å². The van der Waals surface area contributed by atoms with Crippen LogP contribution in [0.2, 0.25) is 10.0 Å². The van der Waals surface area contributed by atoms with Gasteiger partial charge in [-0.2, -0.15) is 0 Å². The van der Waals surface area contributed by atoms with Crippen LogP contribution in [0.5, 0.6) is 5.75 Å². The molecule has 3 aromatic rings. The average Bonchev–Trinajstić information content (AvgIpc) is 2.64. The van der Waals surface area contributed by atoms with Crippen molar-refractivity contribution >= 4 is 40.0 Å². The highest BCUT2D eigenvalue weighted by molar-refractivity contribution is 6.35. The predicted molar refractivity (Wildman–Crippen MR) is 100 cm³/mol. The van der Waals surface area contributed by atoms with Crippen molar-refractivity contribution in [2.75, 3.05) is 13.7 Å². The molecule has 1 heterocycles. The van der Waals surface area contributed by atoms with Crippen molar-refractivity contribution in [2.24, 2.45) is 0 Å². The molecular formula is C19H15Cl2FN2O2. The Kier molecular flexibility index (Phi) is 5.59. The maximum absolute atomic E-state index is 13.9. The zero-order valence-corrected chi connectivity index (χ0v) is 15.4. The molecule has 3 rings (SSSR count). The van der Waals surface area contributed by atoms with Gasteiger partial charge in [0.25, 0.3) is 5.91 Å². The van der Waals surface area contributed by atoms with E-state index in [0.29, 0.717) is 16.3 Å². The average molecular weight is 393 g/mol. The molecule has 2 aromatic carbocycles. The summed E-state index contributed by atoms with van der Waals surface area (Å²) in [4.78, 5) is 17.9. The number of aromatic nitrogens is 1. The largest absolute Gasteiger partial charge is 0.481 e. The summed E-state index contributed by atoms with van der Waals surface area (Å²) in [5, 5.41) is 1.57. The minimum Gasteiger partial charge on any atom is -0.481 e. The van der Waals surface area contributed by atoms with E-state index in [1.165, 1.54) is 17.0 Å². The summed E-state index contributed by atoms with van der Waals surface area (Å²) < 4.78 is 19.5. The third kappa shape index (κ3) is 3.89. The first kappa shape index (κ1) is 18.4. The molecule has 7 heteroatoms. The van der Waals surface area contributed by atoms with Gasteiger partial charge in [0.15, 0.2) is 6.61 Å². The predicted octanol–water partition coefficient (Wildman–Crippen LogP) is 4.72. The summed E-state index contributed by atoms with van der Waals surface area (Å²) in [5.41, 5.74) is 0.844. The Balaban J connectivity index is 1.70. The second kappa shape index (κ2) is 7.89. The Hall–Kier alpha value is -2.37. The first-order valence-electron chi connectivity index (χ1n) is 7.80. The number of ether oxygens (including phenoxy) is 1. The number of amides is 1. The summed E-state index contributed by atoms with van der Waals surface area (Å²) in [6.45, 7) is -0.163. The summed E-state index contributed by atoms with van der Waals surface area (Å²) >= 11 is 12.1. The van der Waals surface area contributed by atoms with E-state index in [0.717, 1.165) is 5.39 Å². The van der Waals surface area contributed by atoms with E-state index in [-0.39, 0.29) is 29.6 Å². The van der Waals surface area contributed by atoms with E-state index in [9.17, 15) is 9.18 Å². The second-order valence-corrected chi connectivity index (χ2v) is 6.50. The van der Waals surface area contributed by atoms with Crippen molar-refractivity contribution in [1.82, 2.24) is 9.88 Å². The van der Waals surface area contributed by atoms with Gasteiger partial charge in [0.2, 0.25) is 0 Å². The van der Waals surface area contributed by atoms with Crippen molar-refractivity contribution in [3.8, 4) is 5.75 Å². The molecule has 0 bridgehead atoms. The Bertz CT molecular complexity index is 945. The first-order chi connectivity index (χ1) is 12.5. The lowest BCUT2D eigenvalue weighted by atomic mass is 10.2. The van der Waals surface area contributed by atoms with E-state index >= 15 is 0 Å². The number of likely N-dealkylation sites (N-methyl/N-ethyl adjacent to an activating group) is 1. The van der Waals surface area contributed by atoms with Crippen molar-refractivity contribution in [3.05, 3.63) is 70.1 Å². The number of fused-ring (bicyclic) bond motifs is 1. The number of pyridine rings is 1. The number of carbonyl (C=O) groups is 1. The minimum absolute atomic E-state index is 0.0489. The van der Waals surface area contributed by atoms with E-state index in [1.54, 1.807) is 37.5 Å². The molecule has 0 aliphatic carbocycles. The molecule has 26 heavy (non-hydrogen) atoms. The molecule has 0 aliphatic heterocycles. The Labute approximate surface area is 160 Å². The zero-order chi connectivity index (χ0) is 18.7. The molecule has 0 N–H and O–H groups in total. The smallest absolute Gasteiger partial charge is 0.260 e. The Morgan fingerprint density at radius 1 is 1.15 bits per heavy atom. The van der Waals surface area contributed by atoms with Crippen molar-refractivity contribution < 1.29 is 13.9 Å². The lowest BCUT2D eigenvalue weighted by Gasteiger charge is -2.19. The number of halogens is 3. The van der Waals surface area contributed by atoms with Crippen LogP contribution in [0.4, 0.5) is 4.39 Å². The van der Waals surface area contributed by atoms with E-state index in [2.05, 4.69) is 4.98 Å². The standard InChI is InChI=1S/C19H15Cl2FN2O2/c1-24(10-13-14(20)5-2-6-16(13)22)18(25)11-26-17-8-7-15(21)12-4-3-9-23-19(12)17/h2-9H,10-11H2,1H3. The summed E-state index contributed by atoms with van der Waals surface area (Å²) in [6.07, 6.45) is 1.62. The van der Waals surface area contributed by atoms with Crippen molar-refractivity contribution in [1.29, 1.82) is 0 Å². The number of hydrogen-bond acceptors (Lipinski definition) is 3. The Morgan fingerprint density at radius 3 is 2.73 bits per heavy atom. The summed E-state index contributed by atoms with van der Waals surface area (Å²) in [6, 6.07) is 11.4. The van der Waals surface area contributed by atoms with Crippen LogP contribution in [-0.2, 0) is 11.3 Å². The number of rotatable bonds is 5. The lowest BCUT2D eigenvalue weighted by molar-refractivity contribution is -0.132. The molecule has 1 amide bonds. The van der Waals surface area contributed by atoms with Crippen molar-refractivity contribution in [3.63, 3.8) is 0 Å². The van der Waals surface area contributed by atoms with E-state index < -0.39 is 5.82 Å². The molecule has 0 aliphatic rings. The highest BCUT2D eigenvalue weighted by Gasteiger charge is 2.16. The maximum Gasteiger partial charge on any atom is 0.260 e. The molecule has 0 radical (unpaired) electrons. The van der Waals surface area contributed by atoms with E-state index in [4.69, 9.17) is 27.9 Å². The van der Waals surface area contributed by atoms with Crippen LogP contribution in [0.15, 0.2) is 48.7 Å². The number of benzene rings is 2. The summed E-state index contributed by atoms with van der Waals surface area (Å²) in [7, 11) is 1.56. The highest BCUT2D eigenvalue weighted by Crippen LogP contribution is 2.29. The summed E-state index contributed by atoms with van der Waals surface area (Å²) in [5.74, 6) is -0.315. The third-order valence-corrected chi connectivity index (χ3v) is 4.60. The van der Waals surface area contributed by atoms with Crippen molar-refractivity contribution in [2.45, 2.75) is 6.54 Å². The minimum atomic E-state index is -0.453. The quantitative estimate of drug-likeness (QED) is 0.630. The number of carbonyl (C=O) groups excluding carboxylic acids is 1. The first-order valence-corrected chi connectivity index (χ1v) is 8.56. The second-order valence-electron chi connectivity index (χ2n) is 5.68. The van der Waals surface area contributed by atoms with Gasteiger partial charge in [-0.3, -0.25) is 9.78 Å². The number of hydrogen-bond donors (Lipinski definition) is 0. The molecule has 134 valence electrons. The molecule has 0 spiro atoms. The van der Waals surface area contributed by atoms with Crippen LogP contribution in [0.25, 0.3) is 10.9 Å². The van der Waals surface area contributed by atoms with Gasteiger partial charge in [-0.25, -0.2) is 4.39 Å². The van der Waals surface area contributed by atoms with Gasteiger partial charge in [0.1, 0.15) is 17.1 Å². The molecule has 0 unspecified atom stereocenters. The van der Waals surface area contributed by atoms with Gasteiger partial charge >= 0.3 is 0 Å². The van der Waals surface area contributed by atoms with Gasteiger partial charge < -0.3 is 9.64 Å². The van der Waals surface area contributed by atoms with Crippen LogP contribution in [0.3, 0.4) is 0 Å². The molecule has 0 fully saturated rings. The van der Waals surface area contributed by atoms with Gasteiger partial charge in [-0.05, 0) is 36.4 Å². The fourth-order valence-corrected chi connectivity index (χ4v) is 2.93. The Morgan fingerprint density at radius 2 is 1.96 bits per heavy atom. The highest BCUT2D eigenvalue weighted by atomic mass is 35.5. The van der Waals surface area contributed by atoms with Gasteiger partial charge in [0.05, 0.1) is 5.02 Å². The van der Waals surface area contributed by atoms with Gasteiger partial charge in [-0.15, -0.1) is 0 Å². The van der Waals surface area contributed by atoms with Crippen LogP contribution < -0.4 is 4.74 Å². The number of nitrogens with zero attached hydrogens (tertiary/aromatic N) is 2. The van der Waals surface area contributed by atoms with Crippen LogP contribution in [0.1, 0.15) is 5.56 Å². The monoisotopic (exact) mass is 392 g/mol.